The summed E-state index contributed by atoms with van der Waals surface area (Å²) in [5.41, 5.74) is 0. The first-order valence-electron chi connectivity index (χ1n) is 5.05. The van der Waals surface area contributed by atoms with Gasteiger partial charge in [-0.15, -0.1) is 0 Å². The summed E-state index contributed by atoms with van der Waals surface area (Å²) in [4.78, 5) is 9.87. The quantitative estimate of drug-likeness (QED) is 0.630. The zero-order valence-corrected chi connectivity index (χ0v) is 9.10. The number of unbranched alkanes of at least 4 members (excludes halogenated alkanes) is 2. The molecule has 0 aliphatic rings. The van der Waals surface area contributed by atoms with Crippen LogP contribution in [0.5, 0.6) is 0 Å². The minimum absolute atomic E-state index is 0.327. The highest BCUT2D eigenvalue weighted by atomic mass is 16.4. The van der Waals surface area contributed by atoms with Gasteiger partial charge in [-0.3, -0.25) is 4.79 Å². The summed E-state index contributed by atoms with van der Waals surface area (Å²) in [5, 5.41) is 11.2. The number of carbonyl (C=O) groups is 1. The van der Waals surface area contributed by atoms with E-state index in [-0.39, 0.29) is 0 Å². The van der Waals surface area contributed by atoms with Gasteiger partial charge in [0.05, 0.1) is 0 Å². The normalized spacial score (nSPS) is 8.85. The van der Waals surface area contributed by atoms with Crippen LogP contribution in [0.15, 0.2) is 0 Å². The van der Waals surface area contributed by atoms with E-state index in [1.807, 2.05) is 7.05 Å². The van der Waals surface area contributed by atoms with Crippen molar-refractivity contribution in [2.75, 3.05) is 13.6 Å². The van der Waals surface area contributed by atoms with Crippen LogP contribution < -0.4 is 5.32 Å². The molecule has 0 rings (SSSR count). The molecule has 0 saturated carbocycles. The maximum absolute atomic E-state index is 9.87. The van der Waals surface area contributed by atoms with Crippen molar-refractivity contribution in [3.63, 3.8) is 0 Å². The van der Waals surface area contributed by atoms with Gasteiger partial charge in [-0.05, 0) is 26.4 Å². The molecule has 0 radical (unpaired) electrons. The summed E-state index contributed by atoms with van der Waals surface area (Å²) >= 11 is 0. The van der Waals surface area contributed by atoms with Gasteiger partial charge in [-0.1, -0.05) is 26.7 Å². The first-order valence-corrected chi connectivity index (χ1v) is 5.05. The Hall–Kier alpha value is -0.570. The molecule has 0 saturated heterocycles. The molecule has 0 unspecified atom stereocenters. The summed E-state index contributed by atoms with van der Waals surface area (Å²) in [7, 11) is 1.96. The lowest BCUT2D eigenvalue weighted by atomic mass is 10.2. The molecule has 0 fully saturated rings. The molecule has 0 atom stereocenters. The van der Waals surface area contributed by atoms with Crippen molar-refractivity contribution in [3.05, 3.63) is 0 Å². The first-order chi connectivity index (χ1) is 6.18. The van der Waals surface area contributed by atoms with Gasteiger partial charge in [0.1, 0.15) is 0 Å². The Balaban J connectivity index is 0. The number of carboxylic acid groups (broad SMARTS) is 1. The molecule has 0 aromatic carbocycles. The Morgan fingerprint density at radius 3 is 2.08 bits per heavy atom. The summed E-state index contributed by atoms with van der Waals surface area (Å²) in [6, 6.07) is 0. The molecule has 2 N–H and O–H groups in total. The van der Waals surface area contributed by atoms with Crippen molar-refractivity contribution >= 4 is 5.97 Å². The van der Waals surface area contributed by atoms with Gasteiger partial charge in [0, 0.05) is 6.42 Å². The van der Waals surface area contributed by atoms with Crippen LogP contribution in [-0.4, -0.2) is 24.7 Å². The third kappa shape index (κ3) is 24.6. The highest BCUT2D eigenvalue weighted by molar-refractivity contribution is 5.66. The average Bonchev–Trinajstić information content (AvgIpc) is 2.07. The number of nitrogens with one attached hydrogen (secondary N) is 1. The third-order valence-corrected chi connectivity index (χ3v) is 1.49. The molecule has 0 amide bonds. The largest absolute Gasteiger partial charge is 0.481 e. The van der Waals surface area contributed by atoms with Crippen molar-refractivity contribution in [1.82, 2.24) is 5.32 Å². The van der Waals surface area contributed by atoms with Crippen LogP contribution in [0.1, 0.15) is 46.0 Å². The van der Waals surface area contributed by atoms with E-state index in [4.69, 9.17) is 5.11 Å². The summed E-state index contributed by atoms with van der Waals surface area (Å²) in [6.07, 6.45) is 4.51. The van der Waals surface area contributed by atoms with Crippen LogP contribution in [0.3, 0.4) is 0 Å². The minimum atomic E-state index is -0.682. The van der Waals surface area contributed by atoms with Gasteiger partial charge < -0.3 is 10.4 Å². The maximum atomic E-state index is 9.87. The Labute approximate surface area is 81.5 Å². The van der Waals surface area contributed by atoms with Crippen LogP contribution in [-0.2, 0) is 4.79 Å². The molecule has 0 aromatic rings. The zero-order valence-electron chi connectivity index (χ0n) is 9.10. The predicted octanol–water partition coefficient (Wildman–Crippen LogP) is 2.27. The number of hydrogen-bond donors (Lipinski definition) is 2. The molecule has 0 spiro atoms. The molecule has 0 aliphatic heterocycles. The van der Waals surface area contributed by atoms with E-state index in [2.05, 4.69) is 19.2 Å². The Kier molecular flexibility index (Phi) is 16.1. The smallest absolute Gasteiger partial charge is 0.303 e. The Bertz CT molecular complexity index is 103. The fourth-order valence-corrected chi connectivity index (χ4v) is 0.776. The van der Waals surface area contributed by atoms with Crippen LogP contribution >= 0.6 is 0 Å². The standard InChI is InChI=1S/C6H12O2.C4H11N/c1-2-3-4-5-6(7)8;1-3-4-5-2/h2-5H2,1H3,(H,7,8);5H,3-4H2,1-2H3. The van der Waals surface area contributed by atoms with E-state index in [1.54, 1.807) is 0 Å². The molecular weight excluding hydrogens is 166 g/mol. The van der Waals surface area contributed by atoms with Crippen LogP contribution in [0.2, 0.25) is 0 Å². The van der Waals surface area contributed by atoms with E-state index in [1.165, 1.54) is 6.42 Å². The second kappa shape index (κ2) is 14.0. The van der Waals surface area contributed by atoms with Gasteiger partial charge in [-0.2, -0.15) is 0 Å². The Morgan fingerprint density at radius 1 is 1.23 bits per heavy atom. The van der Waals surface area contributed by atoms with Crippen molar-refractivity contribution in [3.8, 4) is 0 Å². The molecule has 80 valence electrons. The number of hydrogen-bond acceptors (Lipinski definition) is 2. The van der Waals surface area contributed by atoms with Gasteiger partial charge >= 0.3 is 5.97 Å². The van der Waals surface area contributed by atoms with Crippen molar-refractivity contribution < 1.29 is 9.90 Å². The van der Waals surface area contributed by atoms with E-state index >= 15 is 0 Å². The predicted molar refractivity (Wildman–Crippen MR) is 56.0 cm³/mol. The van der Waals surface area contributed by atoms with Gasteiger partial charge in [0.25, 0.3) is 0 Å². The molecule has 3 nitrogen and oxygen atoms in total. The minimum Gasteiger partial charge on any atom is -0.481 e. The molecule has 0 aromatic heterocycles. The Morgan fingerprint density at radius 2 is 1.85 bits per heavy atom. The van der Waals surface area contributed by atoms with Crippen molar-refractivity contribution in [1.29, 1.82) is 0 Å². The lowest BCUT2D eigenvalue weighted by Crippen LogP contribution is -2.04. The van der Waals surface area contributed by atoms with Crippen LogP contribution in [0.4, 0.5) is 0 Å². The van der Waals surface area contributed by atoms with E-state index in [0.29, 0.717) is 6.42 Å². The molecular formula is C10H23NO2. The van der Waals surface area contributed by atoms with E-state index in [9.17, 15) is 4.79 Å². The molecule has 3 heteroatoms. The highest BCUT2D eigenvalue weighted by Crippen LogP contribution is 1.97. The second-order valence-electron chi connectivity index (χ2n) is 2.95. The lowest BCUT2D eigenvalue weighted by molar-refractivity contribution is -0.137. The number of carboxylic acids is 1. The lowest BCUT2D eigenvalue weighted by Gasteiger charge is -1.89. The SMILES string of the molecule is CCCCCC(=O)O.CCCNC. The maximum Gasteiger partial charge on any atom is 0.303 e. The highest BCUT2D eigenvalue weighted by Gasteiger charge is 1.92. The van der Waals surface area contributed by atoms with Crippen molar-refractivity contribution in [2.45, 2.75) is 46.0 Å². The number of aliphatic carboxylic acids is 1. The summed E-state index contributed by atoms with van der Waals surface area (Å²) < 4.78 is 0. The molecule has 0 aliphatic carbocycles. The topological polar surface area (TPSA) is 49.3 Å². The average molecular weight is 189 g/mol. The van der Waals surface area contributed by atoms with Crippen LogP contribution in [0.25, 0.3) is 0 Å². The van der Waals surface area contributed by atoms with E-state index in [0.717, 1.165) is 25.8 Å². The van der Waals surface area contributed by atoms with Crippen LogP contribution in [0, 0.1) is 0 Å². The molecule has 0 bridgehead atoms. The summed E-state index contributed by atoms with van der Waals surface area (Å²) in [6.45, 7) is 5.35. The van der Waals surface area contributed by atoms with Crippen molar-refractivity contribution in [2.24, 2.45) is 0 Å². The molecule has 13 heavy (non-hydrogen) atoms. The van der Waals surface area contributed by atoms with Gasteiger partial charge in [-0.25, -0.2) is 0 Å². The van der Waals surface area contributed by atoms with E-state index < -0.39 is 5.97 Å². The fourth-order valence-electron chi connectivity index (χ4n) is 0.776. The number of rotatable bonds is 6. The molecule has 0 heterocycles. The third-order valence-electron chi connectivity index (χ3n) is 1.49. The second-order valence-corrected chi connectivity index (χ2v) is 2.95. The van der Waals surface area contributed by atoms with Gasteiger partial charge in [0.2, 0.25) is 0 Å². The fraction of sp³-hybridized carbons (Fsp3) is 0.900. The van der Waals surface area contributed by atoms with Gasteiger partial charge in [0.15, 0.2) is 0 Å². The summed E-state index contributed by atoms with van der Waals surface area (Å²) in [5.74, 6) is -0.682. The monoisotopic (exact) mass is 189 g/mol. The first kappa shape index (κ1) is 14.9. The zero-order chi connectivity index (χ0) is 10.5.